The van der Waals surface area contributed by atoms with Gasteiger partial charge in [0.2, 0.25) is 0 Å². The van der Waals surface area contributed by atoms with Gasteiger partial charge in [-0.15, -0.1) is 0 Å². The Bertz CT molecular complexity index is 566. The maximum absolute atomic E-state index is 9.02. The summed E-state index contributed by atoms with van der Waals surface area (Å²) < 4.78 is 2.11. The molecule has 0 saturated heterocycles. The summed E-state index contributed by atoms with van der Waals surface area (Å²) in [4.78, 5) is 4.34. The minimum Gasteiger partial charge on any atom is -0.331 e. The van der Waals surface area contributed by atoms with Gasteiger partial charge in [-0.05, 0) is 31.4 Å². The first-order chi connectivity index (χ1) is 8.68. The summed E-state index contributed by atoms with van der Waals surface area (Å²) in [5, 5.41) is 9.02. The van der Waals surface area contributed by atoms with Crippen molar-refractivity contribution in [3.8, 4) is 6.07 Å². The van der Waals surface area contributed by atoms with Crippen molar-refractivity contribution < 1.29 is 0 Å². The van der Waals surface area contributed by atoms with Crippen LogP contribution in [0.2, 0.25) is 0 Å². The van der Waals surface area contributed by atoms with E-state index in [2.05, 4.69) is 21.7 Å². The zero-order chi connectivity index (χ0) is 13.0. The number of hydrogen-bond donors (Lipinski definition) is 1. The van der Waals surface area contributed by atoms with Crippen LogP contribution in [0.4, 0.5) is 0 Å². The summed E-state index contributed by atoms with van der Waals surface area (Å²) in [6, 6.07) is 10.2. The van der Waals surface area contributed by atoms with E-state index >= 15 is 0 Å². The lowest BCUT2D eigenvalue weighted by atomic mass is 9.93. The van der Waals surface area contributed by atoms with Gasteiger partial charge in [0.1, 0.15) is 5.54 Å². The third-order valence-electron chi connectivity index (χ3n) is 3.40. The summed E-state index contributed by atoms with van der Waals surface area (Å²) >= 11 is 0. The number of rotatable bonds is 5. The Hall–Kier alpha value is -1.86. The Balaban J connectivity index is 2.01. The van der Waals surface area contributed by atoms with Gasteiger partial charge in [-0.2, -0.15) is 5.26 Å². The van der Waals surface area contributed by atoms with Crippen molar-refractivity contribution in [1.29, 1.82) is 5.26 Å². The second kappa shape index (κ2) is 5.19. The zero-order valence-electron chi connectivity index (χ0n) is 10.6. The first-order valence-electron chi connectivity index (χ1n) is 6.28. The highest BCUT2D eigenvalue weighted by atomic mass is 15.0. The molecule has 1 heterocycles. The SMILES string of the molecule is CCC(N)(C#N)CCCn1cnc2ccccc21. The second-order valence-electron chi connectivity index (χ2n) is 4.65. The molecule has 4 heteroatoms. The van der Waals surface area contributed by atoms with Gasteiger partial charge in [0.15, 0.2) is 0 Å². The van der Waals surface area contributed by atoms with E-state index in [-0.39, 0.29) is 0 Å². The molecule has 18 heavy (non-hydrogen) atoms. The van der Waals surface area contributed by atoms with Crippen LogP contribution >= 0.6 is 0 Å². The minimum atomic E-state index is -0.684. The Labute approximate surface area is 107 Å². The maximum atomic E-state index is 9.02. The zero-order valence-corrected chi connectivity index (χ0v) is 10.6. The number of nitrogens with two attached hydrogens (primary N) is 1. The number of para-hydroxylation sites is 2. The molecule has 1 atom stereocenters. The molecule has 0 spiro atoms. The fraction of sp³-hybridized carbons (Fsp3) is 0.429. The molecule has 2 N–H and O–H groups in total. The lowest BCUT2D eigenvalue weighted by molar-refractivity contribution is 0.446. The van der Waals surface area contributed by atoms with Gasteiger partial charge < -0.3 is 10.3 Å². The number of nitriles is 1. The number of aromatic nitrogens is 2. The molecule has 1 aromatic heterocycles. The molecule has 0 aliphatic rings. The van der Waals surface area contributed by atoms with Gasteiger partial charge in [0, 0.05) is 6.54 Å². The molecule has 4 nitrogen and oxygen atoms in total. The third-order valence-corrected chi connectivity index (χ3v) is 3.40. The Kier molecular flexibility index (Phi) is 3.63. The minimum absolute atomic E-state index is 0.684. The molecule has 1 unspecified atom stereocenters. The van der Waals surface area contributed by atoms with Crippen LogP contribution in [-0.2, 0) is 6.54 Å². The van der Waals surface area contributed by atoms with Crippen LogP contribution in [0.1, 0.15) is 26.2 Å². The molecular weight excluding hydrogens is 224 g/mol. The van der Waals surface area contributed by atoms with Crippen molar-refractivity contribution >= 4 is 11.0 Å². The molecule has 0 bridgehead atoms. The molecule has 0 saturated carbocycles. The summed E-state index contributed by atoms with van der Waals surface area (Å²) in [5.41, 5.74) is 7.42. The summed E-state index contributed by atoms with van der Waals surface area (Å²) in [6.45, 7) is 2.80. The van der Waals surface area contributed by atoms with Gasteiger partial charge in [-0.25, -0.2) is 4.98 Å². The third kappa shape index (κ3) is 2.52. The maximum Gasteiger partial charge on any atom is 0.104 e. The predicted octanol–water partition coefficient (Wildman–Crippen LogP) is 2.45. The first-order valence-corrected chi connectivity index (χ1v) is 6.28. The van der Waals surface area contributed by atoms with Gasteiger partial charge >= 0.3 is 0 Å². The largest absolute Gasteiger partial charge is 0.331 e. The van der Waals surface area contributed by atoms with Crippen molar-refractivity contribution in [2.45, 2.75) is 38.3 Å². The molecule has 0 aliphatic heterocycles. The van der Waals surface area contributed by atoms with E-state index in [9.17, 15) is 0 Å². The Morgan fingerprint density at radius 3 is 2.94 bits per heavy atom. The molecule has 0 fully saturated rings. The highest BCUT2D eigenvalue weighted by Gasteiger charge is 2.21. The number of nitrogens with zero attached hydrogens (tertiary/aromatic N) is 3. The first kappa shape index (κ1) is 12.6. The van der Waals surface area contributed by atoms with Crippen LogP contribution in [0.5, 0.6) is 0 Å². The standard InChI is InChI=1S/C14H18N4/c1-2-14(16,10-15)8-5-9-18-11-17-12-6-3-4-7-13(12)18/h3-4,6-7,11H,2,5,8-9,16H2,1H3. The molecule has 0 radical (unpaired) electrons. The molecule has 0 amide bonds. The van der Waals surface area contributed by atoms with Gasteiger partial charge in [-0.3, -0.25) is 0 Å². The molecule has 0 aliphatic carbocycles. The van der Waals surface area contributed by atoms with Crippen molar-refractivity contribution in [3.63, 3.8) is 0 Å². The van der Waals surface area contributed by atoms with E-state index in [1.54, 1.807) is 0 Å². The van der Waals surface area contributed by atoms with E-state index in [0.717, 1.165) is 24.0 Å². The Morgan fingerprint density at radius 1 is 1.44 bits per heavy atom. The van der Waals surface area contributed by atoms with Crippen LogP contribution in [0, 0.1) is 11.3 Å². The predicted molar refractivity (Wildman–Crippen MR) is 71.8 cm³/mol. The summed E-state index contributed by atoms with van der Waals surface area (Å²) in [7, 11) is 0. The molecule has 2 rings (SSSR count). The van der Waals surface area contributed by atoms with E-state index in [1.165, 1.54) is 0 Å². The number of benzene rings is 1. The van der Waals surface area contributed by atoms with Crippen molar-refractivity contribution in [3.05, 3.63) is 30.6 Å². The summed E-state index contributed by atoms with van der Waals surface area (Å²) in [6.07, 6.45) is 4.14. The lowest BCUT2D eigenvalue weighted by Crippen LogP contribution is -2.37. The molecule has 2 aromatic rings. The van der Waals surface area contributed by atoms with Gasteiger partial charge in [0.25, 0.3) is 0 Å². The van der Waals surface area contributed by atoms with Crippen LogP contribution in [-0.4, -0.2) is 15.1 Å². The number of fused-ring (bicyclic) bond motifs is 1. The number of imidazole rings is 1. The highest BCUT2D eigenvalue weighted by Crippen LogP contribution is 2.16. The van der Waals surface area contributed by atoms with Gasteiger partial charge in [0.05, 0.1) is 23.4 Å². The van der Waals surface area contributed by atoms with Crippen molar-refractivity contribution in [1.82, 2.24) is 9.55 Å². The monoisotopic (exact) mass is 242 g/mol. The van der Waals surface area contributed by atoms with E-state index in [0.29, 0.717) is 12.8 Å². The fourth-order valence-corrected chi connectivity index (χ4v) is 2.07. The van der Waals surface area contributed by atoms with Crippen molar-refractivity contribution in [2.75, 3.05) is 0 Å². The van der Waals surface area contributed by atoms with Crippen LogP contribution < -0.4 is 5.73 Å². The summed E-state index contributed by atoms with van der Waals surface area (Å²) in [5.74, 6) is 0. The smallest absolute Gasteiger partial charge is 0.104 e. The fourth-order valence-electron chi connectivity index (χ4n) is 2.07. The molecule has 94 valence electrons. The second-order valence-corrected chi connectivity index (χ2v) is 4.65. The average molecular weight is 242 g/mol. The van der Waals surface area contributed by atoms with Crippen LogP contribution in [0.15, 0.2) is 30.6 Å². The van der Waals surface area contributed by atoms with Crippen LogP contribution in [0.3, 0.4) is 0 Å². The quantitative estimate of drug-likeness (QED) is 0.875. The number of hydrogen-bond acceptors (Lipinski definition) is 3. The van der Waals surface area contributed by atoms with E-state index in [4.69, 9.17) is 11.0 Å². The normalized spacial score (nSPS) is 14.3. The lowest BCUT2D eigenvalue weighted by Gasteiger charge is -2.19. The highest BCUT2D eigenvalue weighted by molar-refractivity contribution is 5.74. The topological polar surface area (TPSA) is 67.6 Å². The molecule has 1 aromatic carbocycles. The van der Waals surface area contributed by atoms with Crippen LogP contribution in [0.25, 0.3) is 11.0 Å². The van der Waals surface area contributed by atoms with E-state index < -0.39 is 5.54 Å². The Morgan fingerprint density at radius 2 is 2.22 bits per heavy atom. The van der Waals surface area contributed by atoms with E-state index in [1.807, 2.05) is 31.5 Å². The number of aryl methyl sites for hydroxylation is 1. The van der Waals surface area contributed by atoms with Crippen molar-refractivity contribution in [2.24, 2.45) is 5.73 Å². The molecular formula is C14H18N4. The average Bonchev–Trinajstić information content (AvgIpc) is 2.82. The van der Waals surface area contributed by atoms with Gasteiger partial charge in [-0.1, -0.05) is 19.1 Å².